The number of hydrogen-bond acceptors (Lipinski definition) is 4. The zero-order valence-corrected chi connectivity index (χ0v) is 13.4. The van der Waals surface area contributed by atoms with Crippen molar-refractivity contribution in [1.82, 2.24) is 9.97 Å². The van der Waals surface area contributed by atoms with Crippen molar-refractivity contribution >= 4 is 27.7 Å². The number of aromatic nitrogens is 2. The van der Waals surface area contributed by atoms with Crippen molar-refractivity contribution in [2.24, 2.45) is 0 Å². The molecular formula is C14H15BrN2OS. The van der Waals surface area contributed by atoms with Gasteiger partial charge in [0, 0.05) is 20.8 Å². The summed E-state index contributed by atoms with van der Waals surface area (Å²) in [4.78, 5) is 9.85. The molecule has 1 atom stereocenters. The van der Waals surface area contributed by atoms with Crippen LogP contribution in [0.4, 0.5) is 0 Å². The van der Waals surface area contributed by atoms with Gasteiger partial charge in [-0.05, 0) is 56.3 Å². The third kappa shape index (κ3) is 3.78. The number of nitrogens with zero attached hydrogens (tertiary/aromatic N) is 2. The van der Waals surface area contributed by atoms with E-state index in [4.69, 9.17) is 0 Å². The topological polar surface area (TPSA) is 46.0 Å². The van der Waals surface area contributed by atoms with Gasteiger partial charge in [-0.1, -0.05) is 22.0 Å². The molecule has 0 saturated heterocycles. The third-order valence-electron chi connectivity index (χ3n) is 2.59. The lowest BCUT2D eigenvalue weighted by molar-refractivity contribution is 0.198. The summed E-state index contributed by atoms with van der Waals surface area (Å²) in [5, 5.41) is 10.3. The van der Waals surface area contributed by atoms with E-state index in [9.17, 15) is 5.11 Å². The van der Waals surface area contributed by atoms with Gasteiger partial charge in [0.25, 0.3) is 0 Å². The molecule has 0 radical (unpaired) electrons. The maximum absolute atomic E-state index is 9.60. The minimum Gasteiger partial charge on any atom is -0.389 e. The van der Waals surface area contributed by atoms with Crippen LogP contribution in [0.25, 0.3) is 0 Å². The molecule has 3 nitrogen and oxygen atoms in total. The molecule has 0 amide bonds. The van der Waals surface area contributed by atoms with Crippen LogP contribution in [0.2, 0.25) is 0 Å². The lowest BCUT2D eigenvalue weighted by Gasteiger charge is -2.09. The molecule has 0 fully saturated rings. The van der Waals surface area contributed by atoms with Crippen molar-refractivity contribution in [1.29, 1.82) is 0 Å². The van der Waals surface area contributed by atoms with E-state index in [1.807, 2.05) is 38.1 Å². The zero-order valence-electron chi connectivity index (χ0n) is 11.0. The normalized spacial score (nSPS) is 12.5. The number of hydrogen-bond donors (Lipinski definition) is 1. The fraction of sp³-hybridized carbons (Fsp3) is 0.286. The fourth-order valence-electron chi connectivity index (χ4n) is 1.75. The zero-order chi connectivity index (χ0) is 14.0. The van der Waals surface area contributed by atoms with Crippen LogP contribution in [0, 0.1) is 13.8 Å². The summed E-state index contributed by atoms with van der Waals surface area (Å²) >= 11 is 4.99. The highest BCUT2D eigenvalue weighted by molar-refractivity contribution is 9.10. The molecule has 1 N–H and O–H groups in total. The minimum atomic E-state index is -0.481. The summed E-state index contributed by atoms with van der Waals surface area (Å²) in [5.74, 6) is 0. The van der Waals surface area contributed by atoms with Gasteiger partial charge in [0.05, 0.1) is 6.10 Å². The van der Waals surface area contributed by atoms with Crippen LogP contribution in [0.5, 0.6) is 0 Å². The van der Waals surface area contributed by atoms with Gasteiger partial charge in [-0.2, -0.15) is 0 Å². The molecule has 19 heavy (non-hydrogen) atoms. The summed E-state index contributed by atoms with van der Waals surface area (Å²) in [5.41, 5.74) is 2.81. The van der Waals surface area contributed by atoms with Crippen LogP contribution < -0.4 is 0 Å². The molecule has 1 aromatic carbocycles. The molecule has 2 rings (SSSR count). The SMILES string of the molecule is Cc1cc(C)nc(Sc2ccc([C@H](C)O)c(Br)c2)n1. The van der Waals surface area contributed by atoms with Gasteiger partial charge in [0.1, 0.15) is 0 Å². The van der Waals surface area contributed by atoms with Gasteiger partial charge in [-0.15, -0.1) is 0 Å². The monoisotopic (exact) mass is 338 g/mol. The van der Waals surface area contributed by atoms with Crippen molar-refractivity contribution in [2.75, 3.05) is 0 Å². The van der Waals surface area contributed by atoms with E-state index >= 15 is 0 Å². The lowest BCUT2D eigenvalue weighted by Crippen LogP contribution is -1.94. The van der Waals surface area contributed by atoms with E-state index in [0.717, 1.165) is 31.5 Å². The first-order chi connectivity index (χ1) is 8.95. The predicted octanol–water partition coefficient (Wildman–Crippen LogP) is 4.06. The highest BCUT2D eigenvalue weighted by atomic mass is 79.9. The van der Waals surface area contributed by atoms with Crippen molar-refractivity contribution in [3.05, 3.63) is 45.7 Å². The molecule has 0 aliphatic heterocycles. The molecule has 0 bridgehead atoms. The number of rotatable bonds is 3. The summed E-state index contributed by atoms with van der Waals surface area (Å²) in [6.45, 7) is 5.68. The molecule has 1 aromatic heterocycles. The standard InChI is InChI=1S/C14H15BrN2OS/c1-8-6-9(2)17-14(16-8)19-11-4-5-12(10(3)18)13(15)7-11/h4-7,10,18H,1-3H3/t10-/m0/s1. The fourth-order valence-corrected chi connectivity index (χ4v) is 3.52. The molecule has 0 aliphatic carbocycles. The number of aliphatic hydroxyl groups is 1. The lowest BCUT2D eigenvalue weighted by atomic mass is 10.1. The van der Waals surface area contributed by atoms with Gasteiger partial charge in [-0.3, -0.25) is 0 Å². The first-order valence-electron chi connectivity index (χ1n) is 5.93. The predicted molar refractivity (Wildman–Crippen MR) is 80.4 cm³/mol. The highest BCUT2D eigenvalue weighted by Crippen LogP contribution is 2.31. The Hall–Kier alpha value is -0.910. The van der Waals surface area contributed by atoms with Crippen LogP contribution in [0.3, 0.4) is 0 Å². The summed E-state index contributed by atoms with van der Waals surface area (Å²) < 4.78 is 0.900. The van der Waals surface area contributed by atoms with Gasteiger partial charge >= 0.3 is 0 Å². The second kappa shape index (κ2) is 6.03. The summed E-state index contributed by atoms with van der Waals surface area (Å²) in [6.07, 6.45) is -0.481. The molecule has 1 heterocycles. The second-order valence-electron chi connectivity index (χ2n) is 4.39. The van der Waals surface area contributed by atoms with E-state index in [1.54, 1.807) is 6.92 Å². The summed E-state index contributed by atoms with van der Waals surface area (Å²) in [6, 6.07) is 7.82. The highest BCUT2D eigenvalue weighted by Gasteiger charge is 2.08. The van der Waals surface area contributed by atoms with E-state index < -0.39 is 6.10 Å². The minimum absolute atomic E-state index is 0.481. The van der Waals surface area contributed by atoms with Gasteiger partial charge in [0.15, 0.2) is 5.16 Å². The Morgan fingerprint density at radius 1 is 1.16 bits per heavy atom. The van der Waals surface area contributed by atoms with Gasteiger partial charge in [0.2, 0.25) is 0 Å². The molecule has 2 aromatic rings. The molecule has 0 unspecified atom stereocenters. The maximum Gasteiger partial charge on any atom is 0.192 e. The average molecular weight is 339 g/mol. The van der Waals surface area contributed by atoms with Crippen LogP contribution in [0.1, 0.15) is 30.0 Å². The Morgan fingerprint density at radius 2 is 1.79 bits per heavy atom. The largest absolute Gasteiger partial charge is 0.389 e. The molecule has 5 heteroatoms. The summed E-state index contributed by atoms with van der Waals surface area (Å²) in [7, 11) is 0. The van der Waals surface area contributed by atoms with Gasteiger partial charge in [-0.25, -0.2) is 9.97 Å². The third-order valence-corrected chi connectivity index (χ3v) is 4.13. The first kappa shape index (κ1) is 14.5. The molecule has 0 saturated carbocycles. The smallest absolute Gasteiger partial charge is 0.192 e. The number of aliphatic hydroxyl groups excluding tert-OH is 1. The molecule has 0 spiro atoms. The molecular weight excluding hydrogens is 324 g/mol. The Morgan fingerprint density at radius 3 is 2.32 bits per heavy atom. The Kier molecular flexibility index (Phi) is 4.60. The molecule has 0 aliphatic rings. The van der Waals surface area contributed by atoms with Crippen LogP contribution >= 0.6 is 27.7 Å². The van der Waals surface area contributed by atoms with Gasteiger partial charge < -0.3 is 5.11 Å². The van der Waals surface area contributed by atoms with Crippen molar-refractivity contribution in [3.8, 4) is 0 Å². The second-order valence-corrected chi connectivity index (χ2v) is 6.29. The Bertz CT molecular complexity index is 582. The van der Waals surface area contributed by atoms with E-state index in [-0.39, 0.29) is 0 Å². The van der Waals surface area contributed by atoms with Crippen molar-refractivity contribution in [3.63, 3.8) is 0 Å². The van der Waals surface area contributed by atoms with Crippen LogP contribution in [0.15, 0.2) is 38.8 Å². The quantitative estimate of drug-likeness (QED) is 0.857. The number of aryl methyl sites for hydroxylation is 2. The number of benzene rings is 1. The number of halogens is 1. The van der Waals surface area contributed by atoms with Crippen LogP contribution in [-0.4, -0.2) is 15.1 Å². The van der Waals surface area contributed by atoms with Crippen LogP contribution in [-0.2, 0) is 0 Å². The molecule has 100 valence electrons. The Labute approximate surface area is 125 Å². The van der Waals surface area contributed by atoms with Crippen molar-refractivity contribution in [2.45, 2.75) is 36.9 Å². The van der Waals surface area contributed by atoms with E-state index in [0.29, 0.717) is 0 Å². The van der Waals surface area contributed by atoms with Crippen molar-refractivity contribution < 1.29 is 5.11 Å². The average Bonchev–Trinajstić information content (AvgIpc) is 2.26. The van der Waals surface area contributed by atoms with E-state index in [1.165, 1.54) is 11.8 Å². The first-order valence-corrected chi connectivity index (χ1v) is 7.54. The Balaban J connectivity index is 2.26. The maximum atomic E-state index is 9.60. The van der Waals surface area contributed by atoms with E-state index in [2.05, 4.69) is 25.9 Å².